The second-order valence-electron chi connectivity index (χ2n) is 6.27. The van der Waals surface area contributed by atoms with Gasteiger partial charge in [0.2, 0.25) is 5.91 Å². The third-order valence-electron chi connectivity index (χ3n) is 4.78. The van der Waals surface area contributed by atoms with Crippen molar-refractivity contribution in [2.24, 2.45) is 0 Å². The molecule has 0 spiro atoms. The first-order valence-electron chi connectivity index (χ1n) is 8.23. The summed E-state index contributed by atoms with van der Waals surface area (Å²) in [4.78, 5) is 13.7. The zero-order valence-corrected chi connectivity index (χ0v) is 13.6. The number of rotatable bonds is 3. The van der Waals surface area contributed by atoms with Crippen molar-refractivity contribution >= 4 is 11.6 Å². The van der Waals surface area contributed by atoms with Gasteiger partial charge in [-0.05, 0) is 28.3 Å². The number of hydrogen-bond donors (Lipinski definition) is 0. The molecule has 0 aromatic heterocycles. The van der Waals surface area contributed by atoms with E-state index in [1.807, 2.05) is 19.2 Å². The molecule has 0 N–H and O–H groups in total. The average Bonchev–Trinajstić information content (AvgIpc) is 2.91. The van der Waals surface area contributed by atoms with Crippen molar-refractivity contribution in [1.29, 1.82) is 0 Å². The zero-order chi connectivity index (χ0) is 16.5. The number of benzene rings is 3. The topological polar surface area (TPSA) is 20.3 Å². The normalized spacial score (nSPS) is 13.4. The van der Waals surface area contributed by atoms with Gasteiger partial charge < -0.3 is 4.90 Å². The lowest BCUT2D eigenvalue weighted by Crippen LogP contribution is -2.20. The smallest absolute Gasteiger partial charge is 0.231 e. The summed E-state index contributed by atoms with van der Waals surface area (Å²) in [7, 11) is 1.85. The van der Waals surface area contributed by atoms with Crippen molar-refractivity contribution in [1.82, 2.24) is 0 Å². The van der Waals surface area contributed by atoms with E-state index in [-0.39, 0.29) is 11.8 Å². The molecule has 0 fully saturated rings. The highest BCUT2D eigenvalue weighted by Gasteiger charge is 2.26. The molecule has 0 unspecified atom stereocenters. The van der Waals surface area contributed by atoms with Crippen LogP contribution in [0, 0.1) is 0 Å². The van der Waals surface area contributed by atoms with E-state index in [4.69, 9.17) is 0 Å². The van der Waals surface area contributed by atoms with Crippen molar-refractivity contribution in [3.05, 3.63) is 101 Å². The number of hydrogen-bond acceptors (Lipinski definition) is 1. The third kappa shape index (κ3) is 2.50. The van der Waals surface area contributed by atoms with Gasteiger partial charge in [-0.15, -0.1) is 0 Å². The highest BCUT2D eigenvalue weighted by atomic mass is 16.2. The molecule has 0 atom stereocenters. The molecule has 0 saturated carbocycles. The molecule has 1 heterocycles. The molecular formula is C22H19NO. The van der Waals surface area contributed by atoms with Crippen LogP contribution in [-0.2, 0) is 11.2 Å². The quantitative estimate of drug-likeness (QED) is 0.657. The summed E-state index contributed by atoms with van der Waals surface area (Å²) in [5.74, 6) is 0.344. The van der Waals surface area contributed by atoms with Crippen LogP contribution in [0.2, 0.25) is 0 Å². The van der Waals surface area contributed by atoms with Crippen LogP contribution in [0.1, 0.15) is 28.2 Å². The maximum atomic E-state index is 12.0. The standard InChI is InChI=1S/C22H19NO/c1-23-20-13-12-18(14-19(20)15-21(23)24)22(16-8-4-2-5-9-16)17-10-6-3-7-11-17/h2-14,22H,15H2,1H3. The molecule has 1 aliphatic heterocycles. The van der Waals surface area contributed by atoms with E-state index >= 15 is 0 Å². The fraction of sp³-hybridized carbons (Fsp3) is 0.136. The molecule has 4 rings (SSSR count). The maximum absolute atomic E-state index is 12.0. The Hall–Kier alpha value is -2.87. The Morgan fingerprint density at radius 2 is 1.38 bits per heavy atom. The lowest BCUT2D eigenvalue weighted by molar-refractivity contribution is -0.117. The summed E-state index contributed by atoms with van der Waals surface area (Å²) in [6, 6.07) is 27.5. The summed E-state index contributed by atoms with van der Waals surface area (Å²) in [6.07, 6.45) is 0.496. The van der Waals surface area contributed by atoms with Gasteiger partial charge in [0.25, 0.3) is 0 Å². The highest BCUT2D eigenvalue weighted by Crippen LogP contribution is 2.36. The highest BCUT2D eigenvalue weighted by molar-refractivity contribution is 6.01. The molecule has 118 valence electrons. The summed E-state index contributed by atoms with van der Waals surface area (Å²) >= 11 is 0. The SMILES string of the molecule is CN1C(=O)Cc2cc(C(c3ccccc3)c3ccccc3)ccc21. The zero-order valence-electron chi connectivity index (χ0n) is 13.6. The van der Waals surface area contributed by atoms with Crippen molar-refractivity contribution in [3.8, 4) is 0 Å². The van der Waals surface area contributed by atoms with Crippen molar-refractivity contribution in [2.75, 3.05) is 11.9 Å². The Balaban J connectivity index is 1.84. The van der Waals surface area contributed by atoms with Crippen LogP contribution in [0.5, 0.6) is 0 Å². The molecule has 0 aliphatic carbocycles. The molecule has 1 aliphatic rings. The maximum Gasteiger partial charge on any atom is 0.231 e. The first-order chi connectivity index (χ1) is 11.7. The Kier molecular flexibility index (Phi) is 3.66. The number of anilines is 1. The minimum absolute atomic E-state index is 0.165. The van der Waals surface area contributed by atoms with E-state index in [1.165, 1.54) is 16.7 Å². The first-order valence-corrected chi connectivity index (χ1v) is 8.23. The molecule has 3 aromatic rings. The summed E-state index contributed by atoms with van der Waals surface area (Å²) < 4.78 is 0. The summed E-state index contributed by atoms with van der Waals surface area (Å²) in [5.41, 5.74) is 5.91. The van der Waals surface area contributed by atoms with Gasteiger partial charge in [-0.25, -0.2) is 0 Å². The van der Waals surface area contributed by atoms with E-state index in [0.717, 1.165) is 11.3 Å². The van der Waals surface area contributed by atoms with Gasteiger partial charge in [-0.3, -0.25) is 4.79 Å². The molecule has 2 heteroatoms. The Morgan fingerprint density at radius 1 is 0.792 bits per heavy atom. The van der Waals surface area contributed by atoms with E-state index < -0.39 is 0 Å². The van der Waals surface area contributed by atoms with Crippen molar-refractivity contribution in [2.45, 2.75) is 12.3 Å². The van der Waals surface area contributed by atoms with E-state index in [2.05, 4.69) is 66.7 Å². The number of amides is 1. The van der Waals surface area contributed by atoms with E-state index in [1.54, 1.807) is 4.90 Å². The largest absolute Gasteiger partial charge is 0.315 e. The van der Waals surface area contributed by atoms with Crippen LogP contribution >= 0.6 is 0 Å². The molecule has 0 saturated heterocycles. The molecule has 3 aromatic carbocycles. The third-order valence-corrected chi connectivity index (χ3v) is 4.78. The first kappa shape index (κ1) is 14.7. The van der Waals surface area contributed by atoms with Crippen LogP contribution < -0.4 is 4.90 Å². The predicted octanol–water partition coefficient (Wildman–Crippen LogP) is 4.39. The second-order valence-corrected chi connectivity index (χ2v) is 6.27. The monoisotopic (exact) mass is 313 g/mol. The molecule has 1 amide bonds. The predicted molar refractivity (Wildman–Crippen MR) is 97.4 cm³/mol. The number of nitrogens with zero attached hydrogens (tertiary/aromatic N) is 1. The molecular weight excluding hydrogens is 294 g/mol. The van der Waals surface area contributed by atoms with Gasteiger partial charge in [-0.2, -0.15) is 0 Å². The minimum atomic E-state index is 0.165. The Bertz CT molecular complexity index is 831. The van der Waals surface area contributed by atoms with Crippen LogP contribution in [0.25, 0.3) is 0 Å². The number of likely N-dealkylation sites (N-methyl/N-ethyl adjacent to an activating group) is 1. The van der Waals surface area contributed by atoms with Crippen molar-refractivity contribution < 1.29 is 4.79 Å². The molecule has 0 radical (unpaired) electrons. The van der Waals surface area contributed by atoms with Crippen LogP contribution in [0.3, 0.4) is 0 Å². The number of carbonyl (C=O) groups excluding carboxylic acids is 1. The second kappa shape index (κ2) is 5.97. The lowest BCUT2D eigenvalue weighted by Gasteiger charge is -2.20. The lowest BCUT2D eigenvalue weighted by atomic mass is 9.84. The fourth-order valence-electron chi connectivity index (χ4n) is 3.54. The van der Waals surface area contributed by atoms with Gasteiger partial charge >= 0.3 is 0 Å². The number of carbonyl (C=O) groups is 1. The van der Waals surface area contributed by atoms with Crippen LogP contribution in [-0.4, -0.2) is 13.0 Å². The summed E-state index contributed by atoms with van der Waals surface area (Å²) in [6.45, 7) is 0. The Morgan fingerprint density at radius 3 is 1.96 bits per heavy atom. The van der Waals surface area contributed by atoms with Gasteiger partial charge in [0, 0.05) is 18.7 Å². The van der Waals surface area contributed by atoms with Crippen LogP contribution in [0.4, 0.5) is 5.69 Å². The van der Waals surface area contributed by atoms with Gasteiger partial charge in [0.05, 0.1) is 6.42 Å². The van der Waals surface area contributed by atoms with E-state index in [9.17, 15) is 4.79 Å². The van der Waals surface area contributed by atoms with Crippen LogP contribution in [0.15, 0.2) is 78.9 Å². The average molecular weight is 313 g/mol. The Labute approximate surface area is 142 Å². The fourth-order valence-corrected chi connectivity index (χ4v) is 3.54. The number of fused-ring (bicyclic) bond motifs is 1. The van der Waals surface area contributed by atoms with Gasteiger partial charge in [0.15, 0.2) is 0 Å². The van der Waals surface area contributed by atoms with Gasteiger partial charge in [-0.1, -0.05) is 72.8 Å². The molecule has 0 bridgehead atoms. The molecule has 2 nitrogen and oxygen atoms in total. The summed E-state index contributed by atoms with van der Waals surface area (Å²) in [5, 5.41) is 0. The van der Waals surface area contributed by atoms with Crippen molar-refractivity contribution in [3.63, 3.8) is 0 Å². The van der Waals surface area contributed by atoms with Gasteiger partial charge in [0.1, 0.15) is 0 Å². The van der Waals surface area contributed by atoms with E-state index in [0.29, 0.717) is 6.42 Å². The minimum Gasteiger partial charge on any atom is -0.315 e. The molecule has 24 heavy (non-hydrogen) atoms.